The van der Waals surface area contributed by atoms with Gasteiger partial charge in [0.25, 0.3) is 0 Å². The summed E-state index contributed by atoms with van der Waals surface area (Å²) < 4.78 is 1.61. The Hall–Kier alpha value is -2.05. The standard InChI is InChI=1S/C12H18N4O3/c1-8-5-9(11(17)18)3-4-16(8)12(19)14-10-6-13-15(2)7-10/h6-9H,3-5H2,1-2H3,(H,14,19)(H,17,18). The number of aryl methyl sites for hydroxylation is 1. The van der Waals surface area contributed by atoms with Crippen LogP contribution in [-0.2, 0) is 11.8 Å². The molecule has 0 aliphatic carbocycles. The van der Waals surface area contributed by atoms with E-state index in [0.717, 1.165) is 0 Å². The molecule has 0 radical (unpaired) electrons. The number of anilines is 1. The summed E-state index contributed by atoms with van der Waals surface area (Å²) in [5, 5.41) is 15.7. The van der Waals surface area contributed by atoms with Crippen LogP contribution in [0, 0.1) is 5.92 Å². The summed E-state index contributed by atoms with van der Waals surface area (Å²) in [6.45, 7) is 2.34. The van der Waals surface area contributed by atoms with Crippen molar-refractivity contribution in [2.75, 3.05) is 11.9 Å². The number of rotatable bonds is 2. The van der Waals surface area contributed by atoms with Gasteiger partial charge in [-0.15, -0.1) is 0 Å². The largest absolute Gasteiger partial charge is 0.481 e. The maximum Gasteiger partial charge on any atom is 0.322 e. The molecule has 0 spiro atoms. The summed E-state index contributed by atoms with van der Waals surface area (Å²) in [5.74, 6) is -1.13. The van der Waals surface area contributed by atoms with Gasteiger partial charge in [0.15, 0.2) is 0 Å². The van der Waals surface area contributed by atoms with Gasteiger partial charge in [-0.25, -0.2) is 4.79 Å². The van der Waals surface area contributed by atoms with Crippen LogP contribution in [0.1, 0.15) is 19.8 Å². The van der Waals surface area contributed by atoms with Crippen LogP contribution in [0.3, 0.4) is 0 Å². The number of urea groups is 1. The van der Waals surface area contributed by atoms with E-state index >= 15 is 0 Å². The van der Waals surface area contributed by atoms with Gasteiger partial charge in [-0.2, -0.15) is 5.10 Å². The number of nitrogens with zero attached hydrogens (tertiary/aromatic N) is 3. The number of hydrogen-bond acceptors (Lipinski definition) is 3. The molecule has 1 aromatic heterocycles. The summed E-state index contributed by atoms with van der Waals surface area (Å²) in [4.78, 5) is 24.7. The van der Waals surface area contributed by atoms with E-state index in [1.807, 2.05) is 6.92 Å². The molecule has 2 unspecified atom stereocenters. The fourth-order valence-corrected chi connectivity index (χ4v) is 2.38. The first-order chi connectivity index (χ1) is 8.97. The molecule has 1 aromatic rings. The predicted molar refractivity (Wildman–Crippen MR) is 68.8 cm³/mol. The molecule has 1 fully saturated rings. The quantitative estimate of drug-likeness (QED) is 0.840. The molecule has 0 bridgehead atoms. The predicted octanol–water partition coefficient (Wildman–Crippen LogP) is 1.14. The Balaban J connectivity index is 1.95. The summed E-state index contributed by atoms with van der Waals surface area (Å²) in [7, 11) is 1.77. The van der Waals surface area contributed by atoms with Crippen LogP contribution in [0.4, 0.5) is 10.5 Å². The lowest BCUT2D eigenvalue weighted by molar-refractivity contribution is -0.143. The number of carboxylic acids is 1. The summed E-state index contributed by atoms with van der Waals surface area (Å²) in [6, 6.07) is -0.282. The number of aromatic nitrogens is 2. The van der Waals surface area contributed by atoms with Crippen molar-refractivity contribution in [2.24, 2.45) is 13.0 Å². The van der Waals surface area contributed by atoms with Crippen LogP contribution in [0.15, 0.2) is 12.4 Å². The highest BCUT2D eigenvalue weighted by Crippen LogP contribution is 2.23. The Kier molecular flexibility index (Phi) is 3.73. The maximum absolute atomic E-state index is 12.1. The van der Waals surface area contributed by atoms with E-state index in [9.17, 15) is 9.59 Å². The van der Waals surface area contributed by atoms with Crippen molar-refractivity contribution < 1.29 is 14.7 Å². The van der Waals surface area contributed by atoms with E-state index in [0.29, 0.717) is 25.1 Å². The molecule has 2 atom stereocenters. The molecule has 2 N–H and O–H groups in total. The van der Waals surface area contributed by atoms with E-state index in [1.165, 1.54) is 0 Å². The Morgan fingerprint density at radius 3 is 2.79 bits per heavy atom. The molecule has 104 valence electrons. The number of carbonyl (C=O) groups excluding carboxylic acids is 1. The van der Waals surface area contributed by atoms with Crippen molar-refractivity contribution in [3.63, 3.8) is 0 Å². The van der Waals surface area contributed by atoms with E-state index in [-0.39, 0.29) is 18.0 Å². The minimum absolute atomic E-state index is 0.0773. The van der Waals surface area contributed by atoms with Gasteiger partial charge in [0.2, 0.25) is 0 Å². The zero-order valence-corrected chi connectivity index (χ0v) is 11.0. The lowest BCUT2D eigenvalue weighted by Crippen LogP contribution is -2.47. The van der Waals surface area contributed by atoms with Crippen molar-refractivity contribution in [1.82, 2.24) is 14.7 Å². The molecule has 1 aliphatic heterocycles. The zero-order chi connectivity index (χ0) is 14.0. The van der Waals surface area contributed by atoms with E-state index in [4.69, 9.17) is 5.11 Å². The minimum Gasteiger partial charge on any atom is -0.481 e. The molecule has 0 aromatic carbocycles. The Bertz CT molecular complexity index is 485. The molecular weight excluding hydrogens is 248 g/mol. The molecular formula is C12H18N4O3. The number of nitrogens with one attached hydrogen (secondary N) is 1. The summed E-state index contributed by atoms with van der Waals surface area (Å²) in [5.41, 5.74) is 0.639. The van der Waals surface area contributed by atoms with Crippen molar-refractivity contribution in [3.8, 4) is 0 Å². The number of amides is 2. The van der Waals surface area contributed by atoms with Gasteiger partial charge < -0.3 is 15.3 Å². The van der Waals surface area contributed by atoms with Crippen LogP contribution in [0.5, 0.6) is 0 Å². The first-order valence-electron chi connectivity index (χ1n) is 6.26. The number of likely N-dealkylation sites (tertiary alicyclic amines) is 1. The number of carbonyl (C=O) groups is 2. The number of hydrogen-bond donors (Lipinski definition) is 2. The van der Waals surface area contributed by atoms with Crippen LogP contribution in [0.25, 0.3) is 0 Å². The summed E-state index contributed by atoms with van der Waals surface area (Å²) >= 11 is 0. The van der Waals surface area contributed by atoms with Crippen molar-refractivity contribution in [3.05, 3.63) is 12.4 Å². The zero-order valence-electron chi connectivity index (χ0n) is 11.0. The minimum atomic E-state index is -0.779. The van der Waals surface area contributed by atoms with Gasteiger partial charge in [-0.3, -0.25) is 9.48 Å². The first kappa shape index (κ1) is 13.4. The van der Waals surface area contributed by atoms with Gasteiger partial charge in [0, 0.05) is 25.8 Å². The average molecular weight is 266 g/mol. The van der Waals surface area contributed by atoms with Crippen molar-refractivity contribution in [1.29, 1.82) is 0 Å². The highest BCUT2D eigenvalue weighted by Gasteiger charge is 2.32. The molecule has 0 saturated carbocycles. The molecule has 7 heteroatoms. The highest BCUT2D eigenvalue weighted by atomic mass is 16.4. The average Bonchev–Trinajstić information content (AvgIpc) is 2.74. The van der Waals surface area contributed by atoms with Gasteiger partial charge in [-0.1, -0.05) is 0 Å². The number of aliphatic carboxylic acids is 1. The van der Waals surface area contributed by atoms with Gasteiger partial charge in [0.05, 0.1) is 17.8 Å². The fourth-order valence-electron chi connectivity index (χ4n) is 2.38. The number of carboxylic acid groups (broad SMARTS) is 1. The second kappa shape index (κ2) is 5.29. The molecule has 19 heavy (non-hydrogen) atoms. The van der Waals surface area contributed by atoms with E-state index < -0.39 is 5.97 Å². The third-order valence-electron chi connectivity index (χ3n) is 3.44. The molecule has 7 nitrogen and oxygen atoms in total. The molecule has 2 rings (SSSR count). The lowest BCUT2D eigenvalue weighted by Gasteiger charge is -2.36. The number of piperidine rings is 1. The normalized spacial score (nSPS) is 23.2. The van der Waals surface area contributed by atoms with Crippen molar-refractivity contribution in [2.45, 2.75) is 25.8 Å². The monoisotopic (exact) mass is 266 g/mol. The third-order valence-corrected chi connectivity index (χ3v) is 3.44. The summed E-state index contributed by atoms with van der Waals surface area (Å²) in [6.07, 6.45) is 4.29. The van der Waals surface area contributed by atoms with Gasteiger partial charge in [0.1, 0.15) is 0 Å². The topological polar surface area (TPSA) is 87.5 Å². The maximum atomic E-state index is 12.1. The van der Waals surface area contributed by atoms with Crippen LogP contribution in [-0.4, -0.2) is 44.4 Å². The second-order valence-electron chi connectivity index (χ2n) is 4.93. The lowest BCUT2D eigenvalue weighted by atomic mass is 9.92. The Morgan fingerprint density at radius 2 is 2.26 bits per heavy atom. The smallest absolute Gasteiger partial charge is 0.322 e. The van der Waals surface area contributed by atoms with Crippen LogP contribution in [0.2, 0.25) is 0 Å². The van der Waals surface area contributed by atoms with Gasteiger partial charge >= 0.3 is 12.0 Å². The molecule has 2 heterocycles. The fraction of sp³-hybridized carbons (Fsp3) is 0.583. The SMILES string of the molecule is CC1CC(C(=O)O)CCN1C(=O)Nc1cnn(C)c1. The molecule has 1 aliphatic rings. The van der Waals surface area contributed by atoms with E-state index in [2.05, 4.69) is 10.4 Å². The van der Waals surface area contributed by atoms with Gasteiger partial charge in [-0.05, 0) is 19.8 Å². The highest BCUT2D eigenvalue weighted by molar-refractivity contribution is 5.89. The van der Waals surface area contributed by atoms with Crippen molar-refractivity contribution >= 4 is 17.7 Å². The second-order valence-corrected chi connectivity index (χ2v) is 4.93. The third kappa shape index (κ3) is 3.04. The molecule has 2 amide bonds. The first-order valence-corrected chi connectivity index (χ1v) is 6.26. The Morgan fingerprint density at radius 1 is 1.53 bits per heavy atom. The van der Waals surface area contributed by atoms with Crippen LogP contribution < -0.4 is 5.32 Å². The molecule has 1 saturated heterocycles. The van der Waals surface area contributed by atoms with Crippen LogP contribution >= 0.6 is 0 Å². The Labute approximate surface area is 111 Å². The van der Waals surface area contributed by atoms with E-state index in [1.54, 1.807) is 29.0 Å².